The van der Waals surface area contributed by atoms with E-state index in [4.69, 9.17) is 5.11 Å². The van der Waals surface area contributed by atoms with Crippen molar-refractivity contribution in [1.82, 2.24) is 9.80 Å². The van der Waals surface area contributed by atoms with Gasteiger partial charge < -0.3 is 10.0 Å². The van der Waals surface area contributed by atoms with Gasteiger partial charge in [-0.2, -0.15) is 0 Å². The highest BCUT2D eigenvalue weighted by molar-refractivity contribution is 5.68. The van der Waals surface area contributed by atoms with E-state index in [1.807, 2.05) is 4.90 Å². The van der Waals surface area contributed by atoms with Crippen LogP contribution in [0.2, 0.25) is 0 Å². The Bertz CT molecular complexity index is 275. The Balaban J connectivity index is 2.17. The van der Waals surface area contributed by atoms with Crippen molar-refractivity contribution < 1.29 is 9.90 Å². The lowest BCUT2D eigenvalue weighted by atomic mass is 10.2. The molecule has 1 N–H and O–H groups in total. The van der Waals surface area contributed by atoms with Crippen molar-refractivity contribution in [3.05, 3.63) is 12.3 Å². The van der Waals surface area contributed by atoms with Crippen LogP contribution in [-0.2, 0) is 0 Å². The Hall–Kier alpha value is -1.52. The van der Waals surface area contributed by atoms with Crippen molar-refractivity contribution in [3.63, 3.8) is 0 Å². The maximum Gasteiger partial charge on any atom is 0.409 e. The van der Waals surface area contributed by atoms with Crippen LogP contribution in [0.15, 0.2) is 17.3 Å². The standard InChI is InChI=1S/C8H11N3O2/c12-8(13)11-5-1-4-10-6-9-3-2-7(10)11/h2-3,6-7H,1,4-5H2,(H,12,13). The minimum absolute atomic E-state index is 0.149. The smallest absolute Gasteiger partial charge is 0.409 e. The lowest BCUT2D eigenvalue weighted by Gasteiger charge is -2.40. The molecule has 1 fully saturated rings. The largest absolute Gasteiger partial charge is 0.465 e. The van der Waals surface area contributed by atoms with Crippen molar-refractivity contribution in [2.45, 2.75) is 12.6 Å². The van der Waals surface area contributed by atoms with Gasteiger partial charge in [-0.25, -0.2) is 9.79 Å². The van der Waals surface area contributed by atoms with Crippen LogP contribution >= 0.6 is 0 Å². The maximum absolute atomic E-state index is 10.8. The SMILES string of the molecule is O=C(O)N1CCCN2C=NC=CC21. The molecule has 1 amide bonds. The molecule has 1 saturated heterocycles. The van der Waals surface area contributed by atoms with E-state index < -0.39 is 6.09 Å². The molecule has 2 heterocycles. The number of hydrogen-bond donors (Lipinski definition) is 1. The number of nitrogens with zero attached hydrogens (tertiary/aromatic N) is 3. The van der Waals surface area contributed by atoms with Gasteiger partial charge in [0.05, 0.1) is 6.34 Å². The highest BCUT2D eigenvalue weighted by Crippen LogP contribution is 2.16. The van der Waals surface area contributed by atoms with Gasteiger partial charge >= 0.3 is 6.09 Å². The molecular weight excluding hydrogens is 170 g/mol. The van der Waals surface area contributed by atoms with Gasteiger partial charge in [-0.1, -0.05) is 0 Å². The van der Waals surface area contributed by atoms with Crippen LogP contribution in [0, 0.1) is 0 Å². The van der Waals surface area contributed by atoms with Gasteiger partial charge in [0.15, 0.2) is 0 Å². The number of aliphatic imine (C=N–C) groups is 1. The molecule has 0 saturated carbocycles. The lowest BCUT2D eigenvalue weighted by Crippen LogP contribution is -2.54. The predicted molar refractivity (Wildman–Crippen MR) is 47.5 cm³/mol. The molecule has 0 aromatic rings. The van der Waals surface area contributed by atoms with E-state index in [1.54, 1.807) is 18.6 Å². The number of fused-ring (bicyclic) bond motifs is 1. The van der Waals surface area contributed by atoms with Crippen LogP contribution in [-0.4, -0.2) is 46.6 Å². The monoisotopic (exact) mass is 181 g/mol. The van der Waals surface area contributed by atoms with Crippen molar-refractivity contribution in [2.75, 3.05) is 13.1 Å². The third kappa shape index (κ3) is 1.37. The minimum Gasteiger partial charge on any atom is -0.465 e. The van der Waals surface area contributed by atoms with E-state index in [9.17, 15) is 4.79 Å². The summed E-state index contributed by atoms with van der Waals surface area (Å²) in [5.41, 5.74) is 0. The average molecular weight is 181 g/mol. The summed E-state index contributed by atoms with van der Waals surface area (Å²) in [6.07, 6.45) is 4.98. The third-order valence-corrected chi connectivity index (χ3v) is 2.28. The van der Waals surface area contributed by atoms with Gasteiger partial charge in [-0.15, -0.1) is 0 Å². The molecule has 0 bridgehead atoms. The second kappa shape index (κ2) is 3.08. The molecule has 0 aromatic heterocycles. The fraction of sp³-hybridized carbons (Fsp3) is 0.500. The Labute approximate surface area is 76.0 Å². The van der Waals surface area contributed by atoms with Crippen LogP contribution in [0.1, 0.15) is 6.42 Å². The highest BCUT2D eigenvalue weighted by atomic mass is 16.4. The summed E-state index contributed by atoms with van der Waals surface area (Å²) in [6.45, 7) is 1.48. The maximum atomic E-state index is 10.8. The molecule has 13 heavy (non-hydrogen) atoms. The first-order chi connectivity index (χ1) is 6.29. The molecule has 5 heteroatoms. The van der Waals surface area contributed by atoms with E-state index in [2.05, 4.69) is 4.99 Å². The number of carbonyl (C=O) groups is 1. The molecule has 0 aromatic carbocycles. The van der Waals surface area contributed by atoms with Gasteiger partial charge in [0, 0.05) is 19.3 Å². The first-order valence-corrected chi connectivity index (χ1v) is 4.24. The Kier molecular flexibility index (Phi) is 1.92. The molecule has 0 aliphatic carbocycles. The topological polar surface area (TPSA) is 56.1 Å². The molecule has 5 nitrogen and oxygen atoms in total. The molecular formula is C8H11N3O2. The van der Waals surface area contributed by atoms with Crippen molar-refractivity contribution in [1.29, 1.82) is 0 Å². The second-order valence-corrected chi connectivity index (χ2v) is 3.09. The van der Waals surface area contributed by atoms with Crippen molar-refractivity contribution in [3.8, 4) is 0 Å². The van der Waals surface area contributed by atoms with E-state index in [1.165, 1.54) is 4.90 Å². The normalized spacial score (nSPS) is 26.0. The Morgan fingerprint density at radius 2 is 2.38 bits per heavy atom. The average Bonchev–Trinajstić information content (AvgIpc) is 2.17. The number of rotatable bonds is 0. The van der Waals surface area contributed by atoms with E-state index in [-0.39, 0.29) is 6.17 Å². The summed E-state index contributed by atoms with van der Waals surface area (Å²) >= 11 is 0. The zero-order valence-electron chi connectivity index (χ0n) is 7.13. The van der Waals surface area contributed by atoms with Crippen molar-refractivity contribution in [2.24, 2.45) is 4.99 Å². The molecule has 1 unspecified atom stereocenters. The van der Waals surface area contributed by atoms with Gasteiger partial charge in [0.1, 0.15) is 6.17 Å². The fourth-order valence-corrected chi connectivity index (χ4v) is 1.67. The van der Waals surface area contributed by atoms with Crippen molar-refractivity contribution >= 4 is 12.4 Å². The Morgan fingerprint density at radius 1 is 1.54 bits per heavy atom. The molecule has 2 rings (SSSR count). The van der Waals surface area contributed by atoms with Crippen LogP contribution in [0.5, 0.6) is 0 Å². The first kappa shape index (κ1) is 8.10. The fourth-order valence-electron chi connectivity index (χ4n) is 1.67. The van der Waals surface area contributed by atoms with Gasteiger partial charge in [-0.3, -0.25) is 4.90 Å². The third-order valence-electron chi connectivity index (χ3n) is 2.28. The summed E-state index contributed by atoms with van der Waals surface area (Å²) < 4.78 is 0. The molecule has 1 atom stereocenters. The minimum atomic E-state index is -0.866. The summed E-state index contributed by atoms with van der Waals surface area (Å²) in [5, 5.41) is 8.90. The second-order valence-electron chi connectivity index (χ2n) is 3.09. The zero-order valence-corrected chi connectivity index (χ0v) is 7.13. The van der Waals surface area contributed by atoms with Gasteiger partial charge in [0.2, 0.25) is 0 Å². The van der Waals surface area contributed by atoms with Crippen LogP contribution in [0.4, 0.5) is 4.79 Å². The zero-order chi connectivity index (χ0) is 9.26. The molecule has 0 spiro atoms. The van der Waals surface area contributed by atoms with E-state index in [0.29, 0.717) is 6.54 Å². The molecule has 2 aliphatic heterocycles. The predicted octanol–water partition coefficient (Wildman–Crippen LogP) is 0.554. The van der Waals surface area contributed by atoms with Gasteiger partial charge in [0.25, 0.3) is 0 Å². The quantitative estimate of drug-likeness (QED) is 0.593. The molecule has 0 radical (unpaired) electrons. The van der Waals surface area contributed by atoms with Crippen LogP contribution in [0.3, 0.4) is 0 Å². The van der Waals surface area contributed by atoms with Crippen LogP contribution < -0.4 is 0 Å². The summed E-state index contributed by atoms with van der Waals surface area (Å²) in [7, 11) is 0. The first-order valence-electron chi connectivity index (χ1n) is 4.24. The highest BCUT2D eigenvalue weighted by Gasteiger charge is 2.29. The van der Waals surface area contributed by atoms with E-state index >= 15 is 0 Å². The number of amides is 1. The number of carboxylic acid groups (broad SMARTS) is 1. The molecule has 2 aliphatic rings. The van der Waals surface area contributed by atoms with E-state index in [0.717, 1.165) is 13.0 Å². The van der Waals surface area contributed by atoms with Crippen LogP contribution in [0.25, 0.3) is 0 Å². The lowest BCUT2D eigenvalue weighted by molar-refractivity contribution is 0.0747. The summed E-state index contributed by atoms with van der Waals surface area (Å²) in [4.78, 5) is 18.1. The Morgan fingerprint density at radius 3 is 3.15 bits per heavy atom. The summed E-state index contributed by atoms with van der Waals surface area (Å²) in [6, 6.07) is 0. The van der Waals surface area contributed by atoms with Gasteiger partial charge in [-0.05, 0) is 12.5 Å². The number of hydrogen-bond acceptors (Lipinski definition) is 3. The molecule has 70 valence electrons. The summed E-state index contributed by atoms with van der Waals surface area (Å²) in [5.74, 6) is 0.